The second kappa shape index (κ2) is 6.27. The number of hydrogen-bond acceptors (Lipinski definition) is 2. The normalized spacial score (nSPS) is 24.5. The monoisotopic (exact) mass is 310 g/mol. The first-order valence-corrected chi connectivity index (χ1v) is 8.51. The van der Waals surface area contributed by atoms with Gasteiger partial charge in [0.2, 0.25) is 0 Å². The van der Waals surface area contributed by atoms with Gasteiger partial charge in [0.25, 0.3) is 0 Å². The van der Waals surface area contributed by atoms with Crippen LogP contribution >= 0.6 is 0 Å². The number of aromatic hydroxyl groups is 1. The third-order valence-electron chi connectivity index (χ3n) is 4.80. The van der Waals surface area contributed by atoms with Crippen LogP contribution in [0.4, 0.5) is 0 Å². The van der Waals surface area contributed by atoms with Crippen LogP contribution in [0.2, 0.25) is 0 Å². The summed E-state index contributed by atoms with van der Waals surface area (Å²) in [6.45, 7) is 6.48. The predicted octanol–water partition coefficient (Wildman–Crippen LogP) is 5.57. The third kappa shape index (κ3) is 3.69. The number of benzene rings is 1. The van der Waals surface area contributed by atoms with Crippen LogP contribution in [0, 0.1) is 0 Å². The summed E-state index contributed by atoms with van der Waals surface area (Å²) in [6, 6.07) is 3.83. The van der Waals surface area contributed by atoms with Gasteiger partial charge in [-0.25, -0.2) is 0 Å². The molecule has 0 aliphatic carbocycles. The van der Waals surface area contributed by atoms with E-state index in [0.717, 1.165) is 49.0 Å². The van der Waals surface area contributed by atoms with E-state index in [1.54, 1.807) is 0 Å². The van der Waals surface area contributed by atoms with Gasteiger partial charge in [0.1, 0.15) is 17.1 Å². The van der Waals surface area contributed by atoms with Gasteiger partial charge in [-0.15, -0.1) is 0 Å². The van der Waals surface area contributed by atoms with E-state index in [9.17, 15) is 5.11 Å². The number of rotatable bonds is 0. The highest BCUT2D eigenvalue weighted by Crippen LogP contribution is 2.38. The summed E-state index contributed by atoms with van der Waals surface area (Å²) in [4.78, 5) is 0. The molecule has 0 fully saturated rings. The molecule has 2 aliphatic rings. The zero-order valence-electron chi connectivity index (χ0n) is 14.4. The third-order valence-corrected chi connectivity index (χ3v) is 4.80. The van der Waals surface area contributed by atoms with Crippen LogP contribution in [0.25, 0.3) is 6.08 Å². The van der Waals surface area contributed by atoms with Crippen LogP contribution in [0.15, 0.2) is 41.5 Å². The van der Waals surface area contributed by atoms with Crippen LogP contribution in [0.3, 0.4) is 0 Å². The lowest BCUT2D eigenvalue weighted by atomic mass is 9.92. The Morgan fingerprint density at radius 3 is 2.70 bits per heavy atom. The van der Waals surface area contributed by atoms with Crippen molar-refractivity contribution in [1.82, 2.24) is 0 Å². The number of phenolic OH excluding ortho intramolecular Hbond substituents is 1. The average molecular weight is 310 g/mol. The molecule has 2 nitrogen and oxygen atoms in total. The van der Waals surface area contributed by atoms with Crippen LogP contribution in [0.1, 0.15) is 57.6 Å². The highest BCUT2D eigenvalue weighted by Gasteiger charge is 2.27. The molecule has 3 rings (SSSR count). The maximum Gasteiger partial charge on any atom is 0.128 e. The zero-order chi connectivity index (χ0) is 16.4. The molecular weight excluding hydrogens is 284 g/mol. The molecule has 1 aromatic carbocycles. The van der Waals surface area contributed by atoms with Crippen LogP contribution in [-0.2, 0) is 6.42 Å². The fraction of sp³-hybridized carbons (Fsp3) is 0.429. The molecule has 0 aromatic heterocycles. The first-order chi connectivity index (χ1) is 11.0. The lowest BCUT2D eigenvalue weighted by molar-refractivity contribution is 0.128. The fourth-order valence-electron chi connectivity index (χ4n) is 3.30. The Bertz CT molecular complexity index is 694. The first kappa shape index (κ1) is 15.9. The van der Waals surface area contributed by atoms with Crippen molar-refractivity contribution < 1.29 is 9.84 Å². The van der Waals surface area contributed by atoms with E-state index >= 15 is 0 Å². The van der Waals surface area contributed by atoms with Crippen LogP contribution < -0.4 is 4.74 Å². The summed E-state index contributed by atoms with van der Waals surface area (Å²) >= 11 is 0. The summed E-state index contributed by atoms with van der Waals surface area (Å²) < 4.78 is 6.28. The molecule has 23 heavy (non-hydrogen) atoms. The molecule has 0 saturated carbocycles. The number of hydrogen-bond donors (Lipinski definition) is 1. The number of allylic oxidation sites excluding steroid dienone is 4. The first-order valence-electron chi connectivity index (χ1n) is 8.51. The minimum Gasteiger partial charge on any atom is -0.508 e. The second-order valence-electron chi connectivity index (χ2n) is 7.12. The van der Waals surface area contributed by atoms with E-state index in [0.29, 0.717) is 5.75 Å². The summed E-state index contributed by atoms with van der Waals surface area (Å²) in [5, 5.41) is 10.3. The number of phenols is 1. The summed E-state index contributed by atoms with van der Waals surface area (Å²) in [6.07, 6.45) is 13.7. The van der Waals surface area contributed by atoms with Gasteiger partial charge in [-0.1, -0.05) is 29.4 Å². The maximum atomic E-state index is 10.3. The molecule has 2 heteroatoms. The van der Waals surface area contributed by atoms with Crippen molar-refractivity contribution in [3.8, 4) is 11.5 Å². The lowest BCUT2D eigenvalue weighted by Gasteiger charge is -2.32. The van der Waals surface area contributed by atoms with Crippen molar-refractivity contribution in [2.24, 2.45) is 0 Å². The Balaban J connectivity index is 2.00. The van der Waals surface area contributed by atoms with Crippen molar-refractivity contribution in [2.45, 2.75) is 58.5 Å². The van der Waals surface area contributed by atoms with E-state index in [2.05, 4.69) is 45.1 Å². The standard InChI is InChI=1S/C21H26O2/c1-15-6-4-7-16(2)12-18-14-20-17(13-19(18)22)9-11-21(3,23-20)10-5-8-15/h7-9,11,13-14,22H,4-6,10,12H2,1-3H3. The van der Waals surface area contributed by atoms with Crippen molar-refractivity contribution in [1.29, 1.82) is 0 Å². The summed E-state index contributed by atoms with van der Waals surface area (Å²) in [5.74, 6) is 1.24. The zero-order valence-corrected chi connectivity index (χ0v) is 14.4. The van der Waals surface area contributed by atoms with E-state index in [4.69, 9.17) is 4.74 Å². The van der Waals surface area contributed by atoms with Gasteiger partial charge in [0, 0.05) is 11.1 Å². The molecule has 122 valence electrons. The Morgan fingerprint density at radius 1 is 1.09 bits per heavy atom. The lowest BCUT2D eigenvalue weighted by Crippen LogP contribution is -2.31. The van der Waals surface area contributed by atoms with Crippen LogP contribution in [-0.4, -0.2) is 10.7 Å². The Hall–Kier alpha value is -1.96. The summed E-state index contributed by atoms with van der Waals surface area (Å²) in [7, 11) is 0. The fourth-order valence-corrected chi connectivity index (χ4v) is 3.30. The van der Waals surface area contributed by atoms with Crippen molar-refractivity contribution >= 4 is 6.08 Å². The second-order valence-corrected chi connectivity index (χ2v) is 7.12. The average Bonchev–Trinajstić information content (AvgIpc) is 2.48. The molecule has 2 aliphatic heterocycles. The molecule has 3 bridgehead atoms. The predicted molar refractivity (Wildman–Crippen MR) is 95.9 cm³/mol. The maximum absolute atomic E-state index is 10.3. The van der Waals surface area contributed by atoms with Crippen LogP contribution in [0.5, 0.6) is 11.5 Å². The molecule has 0 spiro atoms. The number of ether oxygens (including phenoxy) is 1. The van der Waals surface area contributed by atoms with E-state index in [1.165, 1.54) is 11.1 Å². The molecular formula is C21H26O2. The molecule has 2 heterocycles. The SMILES string of the molecule is CC1=CCCC2(C)C=Cc3cc(O)c(cc3O2)CC(C)=CCC1. The molecule has 1 N–H and O–H groups in total. The van der Waals surface area contributed by atoms with Crippen molar-refractivity contribution in [3.63, 3.8) is 0 Å². The van der Waals surface area contributed by atoms with E-state index in [1.807, 2.05) is 12.1 Å². The highest BCUT2D eigenvalue weighted by atomic mass is 16.5. The van der Waals surface area contributed by atoms with Crippen molar-refractivity contribution in [2.75, 3.05) is 0 Å². The molecule has 1 atom stereocenters. The minimum atomic E-state index is -0.271. The molecule has 1 unspecified atom stereocenters. The molecule has 1 aromatic rings. The highest BCUT2D eigenvalue weighted by molar-refractivity contribution is 5.64. The Kier molecular flexibility index (Phi) is 4.34. The van der Waals surface area contributed by atoms with Gasteiger partial charge in [-0.05, 0) is 71.1 Å². The smallest absolute Gasteiger partial charge is 0.128 e. The largest absolute Gasteiger partial charge is 0.508 e. The minimum absolute atomic E-state index is 0.271. The van der Waals surface area contributed by atoms with Gasteiger partial charge in [-0.3, -0.25) is 0 Å². The Labute approximate surface area is 139 Å². The number of fused-ring (bicyclic) bond motifs is 2. The quantitative estimate of drug-likeness (QED) is 0.635. The van der Waals surface area contributed by atoms with Gasteiger partial charge >= 0.3 is 0 Å². The summed E-state index contributed by atoms with van der Waals surface area (Å²) in [5.41, 5.74) is 4.37. The van der Waals surface area contributed by atoms with Crippen molar-refractivity contribution in [3.05, 3.63) is 52.6 Å². The van der Waals surface area contributed by atoms with Gasteiger partial charge in [0.15, 0.2) is 0 Å². The van der Waals surface area contributed by atoms with Gasteiger partial charge in [0.05, 0.1) is 0 Å². The molecule has 0 saturated heterocycles. The molecule has 0 radical (unpaired) electrons. The topological polar surface area (TPSA) is 29.5 Å². The molecule has 0 amide bonds. The Morgan fingerprint density at radius 2 is 1.87 bits per heavy atom. The van der Waals surface area contributed by atoms with E-state index in [-0.39, 0.29) is 5.60 Å². The van der Waals surface area contributed by atoms with Gasteiger partial charge < -0.3 is 9.84 Å². The van der Waals surface area contributed by atoms with E-state index < -0.39 is 0 Å². The van der Waals surface area contributed by atoms with Gasteiger partial charge in [-0.2, -0.15) is 0 Å².